The maximum absolute atomic E-state index is 12.8. The van der Waals surface area contributed by atoms with Crippen LogP contribution in [-0.4, -0.2) is 41.9 Å². The molecule has 150 valence electrons. The van der Waals surface area contributed by atoms with Crippen molar-refractivity contribution in [2.75, 3.05) is 13.2 Å². The summed E-state index contributed by atoms with van der Waals surface area (Å²) in [5.74, 6) is -1.47. The van der Waals surface area contributed by atoms with Crippen molar-refractivity contribution < 1.29 is 19.1 Å². The normalized spacial score (nSPS) is 19.6. The molecule has 1 unspecified atom stereocenters. The van der Waals surface area contributed by atoms with Gasteiger partial charge in [0.25, 0.3) is 0 Å². The first-order valence-corrected chi connectivity index (χ1v) is 10.00. The largest absolute Gasteiger partial charge is 0.463 e. The standard InChI is InChI=1S/C20H22Cl2N2O4/c1-3-28-20(27)19-11(2)24(10-17(25)23-13-5-6-13)18(26)9-14(19)12-4-7-15(21)16(22)8-12/h4,7-8,13-14H,3,5-6,9-10H2,1-2H3,(H,23,25). The van der Waals surface area contributed by atoms with Crippen LogP contribution in [0.5, 0.6) is 0 Å². The Morgan fingerprint density at radius 3 is 2.57 bits per heavy atom. The molecule has 0 spiro atoms. The Morgan fingerprint density at radius 2 is 1.96 bits per heavy atom. The van der Waals surface area contributed by atoms with Crippen LogP contribution < -0.4 is 5.32 Å². The van der Waals surface area contributed by atoms with E-state index >= 15 is 0 Å². The highest BCUT2D eigenvalue weighted by atomic mass is 35.5. The van der Waals surface area contributed by atoms with Gasteiger partial charge in [-0.15, -0.1) is 0 Å². The first-order chi connectivity index (χ1) is 13.3. The molecule has 1 fully saturated rings. The molecule has 1 atom stereocenters. The fraction of sp³-hybridized carbons (Fsp3) is 0.450. The molecule has 1 aromatic carbocycles. The van der Waals surface area contributed by atoms with E-state index in [-0.39, 0.29) is 37.4 Å². The number of nitrogens with zero attached hydrogens (tertiary/aromatic N) is 1. The predicted molar refractivity (Wildman–Crippen MR) is 106 cm³/mol. The van der Waals surface area contributed by atoms with Crippen molar-refractivity contribution in [1.82, 2.24) is 10.2 Å². The van der Waals surface area contributed by atoms with E-state index in [1.807, 2.05) is 0 Å². The van der Waals surface area contributed by atoms with E-state index in [0.717, 1.165) is 12.8 Å². The SMILES string of the molecule is CCOC(=O)C1=C(C)N(CC(=O)NC2CC2)C(=O)CC1c1ccc(Cl)c(Cl)c1. The second-order valence-corrected chi connectivity index (χ2v) is 7.79. The molecule has 1 aliphatic heterocycles. The van der Waals surface area contributed by atoms with E-state index in [2.05, 4.69) is 5.32 Å². The Balaban J connectivity index is 1.95. The third-order valence-electron chi connectivity index (χ3n) is 4.91. The summed E-state index contributed by atoms with van der Waals surface area (Å²) in [4.78, 5) is 39.1. The van der Waals surface area contributed by atoms with Gasteiger partial charge in [-0.2, -0.15) is 0 Å². The summed E-state index contributed by atoms with van der Waals surface area (Å²) < 4.78 is 5.23. The number of nitrogens with one attached hydrogen (secondary N) is 1. The number of hydrogen-bond acceptors (Lipinski definition) is 4. The Hall–Kier alpha value is -2.05. The van der Waals surface area contributed by atoms with Gasteiger partial charge in [0, 0.05) is 24.1 Å². The van der Waals surface area contributed by atoms with Crippen LogP contribution in [0, 0.1) is 0 Å². The zero-order chi connectivity index (χ0) is 20.4. The van der Waals surface area contributed by atoms with Crippen molar-refractivity contribution >= 4 is 41.0 Å². The van der Waals surface area contributed by atoms with Crippen LogP contribution in [0.15, 0.2) is 29.5 Å². The first kappa shape index (κ1) is 20.7. The minimum absolute atomic E-state index is 0.0418. The second kappa shape index (κ2) is 8.53. The number of halogens is 2. The summed E-state index contributed by atoms with van der Waals surface area (Å²) in [6.45, 7) is 3.48. The van der Waals surface area contributed by atoms with Crippen LogP contribution >= 0.6 is 23.2 Å². The zero-order valence-electron chi connectivity index (χ0n) is 15.8. The van der Waals surface area contributed by atoms with Crippen LogP contribution in [-0.2, 0) is 19.1 Å². The van der Waals surface area contributed by atoms with E-state index in [1.54, 1.807) is 32.0 Å². The minimum atomic E-state index is -0.510. The summed E-state index contributed by atoms with van der Waals surface area (Å²) in [7, 11) is 0. The van der Waals surface area contributed by atoms with Crippen LogP contribution in [0.2, 0.25) is 10.0 Å². The molecule has 0 saturated heterocycles. The summed E-state index contributed by atoms with van der Waals surface area (Å²) in [5, 5.41) is 3.60. The minimum Gasteiger partial charge on any atom is -0.463 e. The van der Waals surface area contributed by atoms with Crippen LogP contribution in [0.1, 0.15) is 44.6 Å². The molecule has 28 heavy (non-hydrogen) atoms. The average Bonchev–Trinajstić information content (AvgIpc) is 3.44. The van der Waals surface area contributed by atoms with Gasteiger partial charge in [-0.3, -0.25) is 9.59 Å². The van der Waals surface area contributed by atoms with Crippen molar-refractivity contribution in [3.8, 4) is 0 Å². The molecular formula is C20H22Cl2N2O4. The van der Waals surface area contributed by atoms with E-state index in [4.69, 9.17) is 27.9 Å². The maximum Gasteiger partial charge on any atom is 0.336 e. The van der Waals surface area contributed by atoms with Crippen LogP contribution in [0.25, 0.3) is 0 Å². The zero-order valence-corrected chi connectivity index (χ0v) is 17.3. The summed E-state index contributed by atoms with van der Waals surface area (Å²) in [6.07, 6.45) is 1.96. The number of ether oxygens (including phenoxy) is 1. The molecule has 1 aliphatic carbocycles. The van der Waals surface area contributed by atoms with E-state index < -0.39 is 11.9 Å². The molecule has 8 heteroatoms. The van der Waals surface area contributed by atoms with Crippen molar-refractivity contribution in [3.05, 3.63) is 45.1 Å². The molecule has 1 heterocycles. The van der Waals surface area contributed by atoms with Crippen LogP contribution in [0.3, 0.4) is 0 Å². The predicted octanol–water partition coefficient (Wildman–Crippen LogP) is 3.43. The van der Waals surface area contributed by atoms with E-state index in [0.29, 0.717) is 26.9 Å². The lowest BCUT2D eigenvalue weighted by atomic mass is 9.83. The van der Waals surface area contributed by atoms with Crippen LogP contribution in [0.4, 0.5) is 0 Å². The smallest absolute Gasteiger partial charge is 0.336 e. The molecule has 0 radical (unpaired) electrons. The number of rotatable bonds is 6. The Labute approximate surface area is 173 Å². The summed E-state index contributed by atoms with van der Waals surface area (Å²) >= 11 is 12.1. The number of amides is 2. The lowest BCUT2D eigenvalue weighted by Crippen LogP contribution is -2.44. The van der Waals surface area contributed by atoms with Crippen molar-refractivity contribution in [3.63, 3.8) is 0 Å². The van der Waals surface area contributed by atoms with Gasteiger partial charge in [0.1, 0.15) is 6.54 Å². The highest BCUT2D eigenvalue weighted by Crippen LogP contribution is 2.38. The van der Waals surface area contributed by atoms with E-state index in [1.165, 1.54) is 4.90 Å². The van der Waals surface area contributed by atoms with Crippen molar-refractivity contribution in [2.24, 2.45) is 0 Å². The van der Waals surface area contributed by atoms with Gasteiger partial charge < -0.3 is 15.0 Å². The fourth-order valence-corrected chi connectivity index (χ4v) is 3.64. The quantitative estimate of drug-likeness (QED) is 0.709. The number of carbonyl (C=O) groups is 3. The number of esters is 1. The third kappa shape index (κ3) is 4.50. The average molecular weight is 425 g/mol. The number of carbonyl (C=O) groups excluding carboxylic acids is 3. The van der Waals surface area contributed by atoms with Crippen molar-refractivity contribution in [1.29, 1.82) is 0 Å². The van der Waals surface area contributed by atoms with E-state index in [9.17, 15) is 14.4 Å². The number of hydrogen-bond donors (Lipinski definition) is 1. The molecule has 0 aromatic heterocycles. The monoisotopic (exact) mass is 424 g/mol. The topological polar surface area (TPSA) is 75.7 Å². The molecule has 2 amide bonds. The number of benzene rings is 1. The Kier molecular flexibility index (Phi) is 6.30. The molecule has 1 aromatic rings. The van der Waals surface area contributed by atoms with Gasteiger partial charge in [-0.05, 0) is 44.4 Å². The number of allylic oxidation sites excluding steroid dienone is 1. The van der Waals surface area contributed by atoms with Gasteiger partial charge in [-0.25, -0.2) is 4.79 Å². The third-order valence-corrected chi connectivity index (χ3v) is 5.65. The molecular weight excluding hydrogens is 403 g/mol. The highest BCUT2D eigenvalue weighted by Gasteiger charge is 2.38. The lowest BCUT2D eigenvalue weighted by Gasteiger charge is -2.34. The molecule has 6 nitrogen and oxygen atoms in total. The highest BCUT2D eigenvalue weighted by molar-refractivity contribution is 6.42. The van der Waals surface area contributed by atoms with Gasteiger partial charge in [0.05, 0.1) is 22.2 Å². The summed E-state index contributed by atoms with van der Waals surface area (Å²) in [5.41, 5.74) is 1.49. The maximum atomic E-state index is 12.8. The Morgan fingerprint density at radius 1 is 1.25 bits per heavy atom. The Bertz CT molecular complexity index is 849. The van der Waals surface area contributed by atoms with Gasteiger partial charge >= 0.3 is 5.97 Å². The molecule has 0 bridgehead atoms. The first-order valence-electron chi connectivity index (χ1n) is 9.24. The lowest BCUT2D eigenvalue weighted by molar-refractivity contribution is -0.141. The van der Waals surface area contributed by atoms with Crippen molar-refractivity contribution in [2.45, 2.75) is 45.1 Å². The fourth-order valence-electron chi connectivity index (χ4n) is 3.34. The van der Waals surface area contributed by atoms with Gasteiger partial charge in [0.15, 0.2) is 0 Å². The molecule has 3 rings (SSSR count). The molecule has 1 saturated carbocycles. The molecule has 1 N–H and O–H groups in total. The van der Waals surface area contributed by atoms with Gasteiger partial charge in [-0.1, -0.05) is 29.3 Å². The summed E-state index contributed by atoms with van der Waals surface area (Å²) in [6, 6.07) is 5.24. The van der Waals surface area contributed by atoms with Gasteiger partial charge in [0.2, 0.25) is 11.8 Å². The second-order valence-electron chi connectivity index (χ2n) is 6.97. The molecule has 2 aliphatic rings.